The van der Waals surface area contributed by atoms with Gasteiger partial charge in [0, 0.05) is 50.7 Å². The van der Waals surface area contributed by atoms with Crippen molar-refractivity contribution in [2.45, 2.75) is 12.6 Å². The van der Waals surface area contributed by atoms with Gasteiger partial charge in [0.25, 0.3) is 5.91 Å². The Kier molecular flexibility index (Phi) is 5.61. The second-order valence-electron chi connectivity index (χ2n) is 6.24. The second kappa shape index (κ2) is 7.88. The summed E-state index contributed by atoms with van der Waals surface area (Å²) in [5.41, 5.74) is 1.76. The zero-order valence-corrected chi connectivity index (χ0v) is 13.3. The lowest BCUT2D eigenvalue weighted by Gasteiger charge is -2.27. The first-order valence-electron chi connectivity index (χ1n) is 8.29. The van der Waals surface area contributed by atoms with Gasteiger partial charge >= 0.3 is 0 Å². The smallest absolute Gasteiger partial charge is 0.251 e. The van der Waals surface area contributed by atoms with Gasteiger partial charge in [0.05, 0.1) is 19.3 Å². The van der Waals surface area contributed by atoms with Crippen LogP contribution in [0.4, 0.5) is 0 Å². The Balaban J connectivity index is 1.60. The Hall–Kier alpha value is -1.47. The molecule has 2 heterocycles. The number of hydrogen-bond acceptors (Lipinski definition) is 5. The average Bonchev–Trinajstić information content (AvgIpc) is 2.99. The number of carbonyl (C=O) groups excluding carboxylic acids is 1. The van der Waals surface area contributed by atoms with Gasteiger partial charge in [-0.05, 0) is 11.6 Å². The van der Waals surface area contributed by atoms with Crippen LogP contribution in [0.25, 0.3) is 0 Å². The van der Waals surface area contributed by atoms with Crippen molar-refractivity contribution >= 4 is 5.91 Å². The molecule has 3 rings (SSSR count). The molecule has 2 aliphatic rings. The number of amides is 1. The molecule has 1 aromatic rings. The van der Waals surface area contributed by atoms with E-state index >= 15 is 0 Å². The first-order valence-corrected chi connectivity index (χ1v) is 8.29. The summed E-state index contributed by atoms with van der Waals surface area (Å²) < 4.78 is 5.37. The molecule has 0 aliphatic carbocycles. The van der Waals surface area contributed by atoms with E-state index in [0.29, 0.717) is 13.1 Å². The maximum Gasteiger partial charge on any atom is 0.251 e. The number of nitrogens with zero attached hydrogens (tertiary/aromatic N) is 1. The fraction of sp³-hybridized carbons (Fsp3) is 0.588. The summed E-state index contributed by atoms with van der Waals surface area (Å²) in [6, 6.07) is 7.74. The predicted molar refractivity (Wildman–Crippen MR) is 87.2 cm³/mol. The van der Waals surface area contributed by atoms with E-state index in [1.165, 1.54) is 0 Å². The number of ether oxygens (including phenoxy) is 1. The van der Waals surface area contributed by atoms with Crippen molar-refractivity contribution in [2.75, 3.05) is 45.9 Å². The van der Waals surface area contributed by atoms with Crippen molar-refractivity contribution in [3.8, 4) is 0 Å². The molecule has 0 saturated carbocycles. The van der Waals surface area contributed by atoms with Gasteiger partial charge in [0.1, 0.15) is 0 Å². The number of aliphatic hydroxyl groups is 1. The zero-order chi connectivity index (χ0) is 16.1. The Bertz CT molecular complexity index is 532. The van der Waals surface area contributed by atoms with E-state index in [0.717, 1.165) is 50.5 Å². The van der Waals surface area contributed by atoms with Gasteiger partial charge in [-0.1, -0.05) is 18.2 Å². The lowest BCUT2D eigenvalue weighted by molar-refractivity contribution is 0.0340. The van der Waals surface area contributed by atoms with Crippen molar-refractivity contribution < 1.29 is 14.6 Å². The minimum Gasteiger partial charge on any atom is -0.391 e. The number of hydrogen-bond donors (Lipinski definition) is 3. The maximum absolute atomic E-state index is 12.5. The van der Waals surface area contributed by atoms with Gasteiger partial charge in [-0.25, -0.2) is 0 Å². The van der Waals surface area contributed by atoms with E-state index < -0.39 is 0 Å². The fourth-order valence-electron chi connectivity index (χ4n) is 3.13. The first-order chi connectivity index (χ1) is 11.2. The maximum atomic E-state index is 12.5. The zero-order valence-electron chi connectivity index (χ0n) is 13.3. The summed E-state index contributed by atoms with van der Waals surface area (Å²) in [6.07, 6.45) is -0.376. The summed E-state index contributed by atoms with van der Waals surface area (Å²) in [6.45, 7) is 5.91. The standard InChI is InChI=1S/C17H25N3O3/c21-16-11-18-9-14(16)10-19-17(22)15-4-2-1-3-13(15)12-20-5-7-23-8-6-20/h1-4,14,16,18,21H,5-12H2,(H,19,22). The quantitative estimate of drug-likeness (QED) is 0.703. The van der Waals surface area contributed by atoms with Crippen LogP contribution < -0.4 is 10.6 Å². The third-order valence-electron chi connectivity index (χ3n) is 4.59. The van der Waals surface area contributed by atoms with E-state index in [1.807, 2.05) is 24.3 Å². The molecule has 2 fully saturated rings. The van der Waals surface area contributed by atoms with Gasteiger partial charge in [-0.2, -0.15) is 0 Å². The van der Waals surface area contributed by atoms with E-state index in [2.05, 4.69) is 15.5 Å². The number of rotatable bonds is 5. The highest BCUT2D eigenvalue weighted by molar-refractivity contribution is 5.95. The number of morpholine rings is 1. The van der Waals surface area contributed by atoms with Gasteiger partial charge in [0.2, 0.25) is 0 Å². The van der Waals surface area contributed by atoms with Crippen LogP contribution in [-0.2, 0) is 11.3 Å². The summed E-state index contributed by atoms with van der Waals surface area (Å²) in [5, 5.41) is 15.9. The molecule has 1 aromatic carbocycles. The van der Waals surface area contributed by atoms with Crippen molar-refractivity contribution in [1.29, 1.82) is 0 Å². The van der Waals surface area contributed by atoms with Gasteiger partial charge in [0.15, 0.2) is 0 Å². The largest absolute Gasteiger partial charge is 0.391 e. The molecule has 0 radical (unpaired) electrons. The van der Waals surface area contributed by atoms with Crippen LogP contribution in [0.1, 0.15) is 15.9 Å². The predicted octanol–water partition coefficient (Wildman–Crippen LogP) is -0.171. The van der Waals surface area contributed by atoms with Crippen molar-refractivity contribution in [3.63, 3.8) is 0 Å². The molecular formula is C17H25N3O3. The average molecular weight is 319 g/mol. The molecule has 0 bridgehead atoms. The first kappa shape index (κ1) is 16.4. The fourth-order valence-corrected chi connectivity index (χ4v) is 3.13. The molecule has 1 amide bonds. The van der Waals surface area contributed by atoms with Crippen LogP contribution in [0.2, 0.25) is 0 Å². The number of β-amino-alcohol motifs (C(OH)–C–C–N with tert-alkyl or cyclic N) is 1. The molecule has 3 N–H and O–H groups in total. The second-order valence-corrected chi connectivity index (χ2v) is 6.24. The number of carbonyl (C=O) groups is 1. The summed E-state index contributed by atoms with van der Waals surface area (Å²) in [5.74, 6) is 0.0262. The van der Waals surface area contributed by atoms with Crippen molar-refractivity contribution in [2.24, 2.45) is 5.92 Å². The number of aliphatic hydroxyl groups excluding tert-OH is 1. The Morgan fingerprint density at radius 3 is 2.83 bits per heavy atom. The molecular weight excluding hydrogens is 294 g/mol. The minimum atomic E-state index is -0.376. The number of benzene rings is 1. The molecule has 2 unspecified atom stereocenters. The van der Waals surface area contributed by atoms with Crippen LogP contribution in [0, 0.1) is 5.92 Å². The van der Waals surface area contributed by atoms with Crippen molar-refractivity contribution in [1.82, 2.24) is 15.5 Å². The topological polar surface area (TPSA) is 73.8 Å². The molecule has 0 spiro atoms. The Morgan fingerprint density at radius 2 is 2.09 bits per heavy atom. The monoisotopic (exact) mass is 319 g/mol. The van der Waals surface area contributed by atoms with E-state index in [4.69, 9.17) is 4.74 Å². The Morgan fingerprint density at radius 1 is 1.30 bits per heavy atom. The van der Waals surface area contributed by atoms with Gasteiger partial charge in [-0.3, -0.25) is 9.69 Å². The van der Waals surface area contributed by atoms with E-state index in [1.54, 1.807) is 0 Å². The number of nitrogens with one attached hydrogen (secondary N) is 2. The SMILES string of the molecule is O=C(NCC1CNCC1O)c1ccccc1CN1CCOCC1. The van der Waals surface area contributed by atoms with Crippen LogP contribution >= 0.6 is 0 Å². The third kappa shape index (κ3) is 4.29. The van der Waals surface area contributed by atoms with Crippen LogP contribution in [0.15, 0.2) is 24.3 Å². The summed E-state index contributed by atoms with van der Waals surface area (Å²) in [4.78, 5) is 14.8. The molecule has 23 heavy (non-hydrogen) atoms. The normalized spacial score (nSPS) is 25.4. The third-order valence-corrected chi connectivity index (χ3v) is 4.59. The summed E-state index contributed by atoms with van der Waals surface area (Å²) >= 11 is 0. The molecule has 6 heteroatoms. The summed E-state index contributed by atoms with van der Waals surface area (Å²) in [7, 11) is 0. The molecule has 0 aromatic heterocycles. The van der Waals surface area contributed by atoms with E-state index in [9.17, 15) is 9.90 Å². The Labute approximate surface area is 136 Å². The van der Waals surface area contributed by atoms with Crippen molar-refractivity contribution in [3.05, 3.63) is 35.4 Å². The van der Waals surface area contributed by atoms with Gasteiger partial charge in [-0.15, -0.1) is 0 Å². The molecule has 126 valence electrons. The highest BCUT2D eigenvalue weighted by Gasteiger charge is 2.25. The van der Waals surface area contributed by atoms with Gasteiger partial charge < -0.3 is 20.5 Å². The highest BCUT2D eigenvalue weighted by Crippen LogP contribution is 2.14. The molecule has 2 atom stereocenters. The molecule has 2 saturated heterocycles. The van der Waals surface area contributed by atoms with E-state index in [-0.39, 0.29) is 17.9 Å². The van der Waals surface area contributed by atoms with Crippen LogP contribution in [0.3, 0.4) is 0 Å². The lowest BCUT2D eigenvalue weighted by atomic mass is 10.0. The highest BCUT2D eigenvalue weighted by atomic mass is 16.5. The molecule has 2 aliphatic heterocycles. The lowest BCUT2D eigenvalue weighted by Crippen LogP contribution is -2.37. The van der Waals surface area contributed by atoms with Crippen LogP contribution in [0.5, 0.6) is 0 Å². The molecule has 6 nitrogen and oxygen atoms in total. The minimum absolute atomic E-state index is 0.0621. The van der Waals surface area contributed by atoms with Crippen LogP contribution in [-0.4, -0.2) is 68.0 Å².